The van der Waals surface area contributed by atoms with Crippen LogP contribution >= 0.6 is 0 Å². The van der Waals surface area contributed by atoms with Gasteiger partial charge < -0.3 is 9.15 Å². The van der Waals surface area contributed by atoms with Crippen LogP contribution in [0, 0.1) is 0 Å². The molecule has 0 radical (unpaired) electrons. The summed E-state index contributed by atoms with van der Waals surface area (Å²) in [7, 11) is -1.74. The molecule has 0 aliphatic heterocycles. The lowest BCUT2D eigenvalue weighted by Gasteiger charge is -2.02. The number of fused-ring (bicyclic) bond motifs is 1. The van der Waals surface area contributed by atoms with Crippen molar-refractivity contribution in [2.45, 2.75) is 0 Å². The van der Waals surface area contributed by atoms with Crippen LogP contribution in [0.5, 0.6) is 5.75 Å². The Morgan fingerprint density at radius 2 is 2.00 bits per heavy atom. The number of hydrogen-bond donors (Lipinski definition) is 1. The number of benzene rings is 2. The molecule has 0 amide bonds. The van der Waals surface area contributed by atoms with Crippen LogP contribution in [0.25, 0.3) is 22.6 Å². The van der Waals surface area contributed by atoms with Crippen molar-refractivity contribution in [3.05, 3.63) is 42.5 Å². The number of hydrogen-bond acceptors (Lipinski definition) is 5. The second kappa shape index (κ2) is 5.34. The van der Waals surface area contributed by atoms with Crippen LogP contribution in [0.4, 0.5) is 5.69 Å². The lowest BCUT2D eigenvalue weighted by Crippen LogP contribution is -2.09. The standard InChI is InChI=1S/C15H14N2O4S/c1-20-12-5-3-4-10(8-12)15-16-13-7-6-11(9-14(13)21-15)17-22(2,18)19/h3-9,17H,1-2H3. The number of methoxy groups -OCH3 is 1. The molecule has 22 heavy (non-hydrogen) atoms. The van der Waals surface area contributed by atoms with Gasteiger partial charge in [-0.25, -0.2) is 13.4 Å². The van der Waals surface area contributed by atoms with Crippen LogP contribution in [-0.4, -0.2) is 26.8 Å². The van der Waals surface area contributed by atoms with Gasteiger partial charge in [-0.1, -0.05) is 6.07 Å². The highest BCUT2D eigenvalue weighted by molar-refractivity contribution is 7.92. The first-order valence-electron chi connectivity index (χ1n) is 6.47. The maximum absolute atomic E-state index is 11.3. The predicted octanol–water partition coefficient (Wildman–Crippen LogP) is 2.87. The molecule has 7 heteroatoms. The van der Waals surface area contributed by atoms with Crippen molar-refractivity contribution in [3.8, 4) is 17.2 Å². The van der Waals surface area contributed by atoms with Crippen molar-refractivity contribution in [2.75, 3.05) is 18.1 Å². The van der Waals surface area contributed by atoms with Gasteiger partial charge in [0.25, 0.3) is 0 Å². The Kier molecular flexibility index (Phi) is 3.50. The summed E-state index contributed by atoms with van der Waals surface area (Å²) in [6.45, 7) is 0. The van der Waals surface area contributed by atoms with Gasteiger partial charge in [0.15, 0.2) is 5.58 Å². The normalized spacial score (nSPS) is 11.5. The van der Waals surface area contributed by atoms with Gasteiger partial charge in [-0.15, -0.1) is 0 Å². The fourth-order valence-electron chi connectivity index (χ4n) is 2.08. The number of anilines is 1. The van der Waals surface area contributed by atoms with Crippen LogP contribution in [0.15, 0.2) is 46.9 Å². The lowest BCUT2D eigenvalue weighted by atomic mass is 10.2. The smallest absolute Gasteiger partial charge is 0.229 e. The van der Waals surface area contributed by atoms with E-state index in [0.717, 1.165) is 11.8 Å². The highest BCUT2D eigenvalue weighted by Crippen LogP contribution is 2.28. The molecule has 1 heterocycles. The molecule has 0 saturated heterocycles. The molecule has 0 aliphatic rings. The van der Waals surface area contributed by atoms with Gasteiger partial charge in [0.2, 0.25) is 15.9 Å². The highest BCUT2D eigenvalue weighted by atomic mass is 32.2. The quantitative estimate of drug-likeness (QED) is 0.800. The lowest BCUT2D eigenvalue weighted by molar-refractivity contribution is 0.415. The molecule has 0 fully saturated rings. The molecular formula is C15H14N2O4S. The molecule has 0 bridgehead atoms. The summed E-state index contributed by atoms with van der Waals surface area (Å²) in [4.78, 5) is 4.40. The third kappa shape index (κ3) is 3.04. The van der Waals surface area contributed by atoms with E-state index in [0.29, 0.717) is 28.4 Å². The molecule has 0 unspecified atom stereocenters. The maximum Gasteiger partial charge on any atom is 0.229 e. The molecule has 0 saturated carbocycles. The van der Waals surface area contributed by atoms with Crippen LogP contribution in [0.3, 0.4) is 0 Å². The molecule has 0 aliphatic carbocycles. The van der Waals surface area contributed by atoms with Gasteiger partial charge in [-0.3, -0.25) is 4.72 Å². The number of ether oxygens (including phenoxy) is 1. The molecule has 6 nitrogen and oxygen atoms in total. The first kappa shape index (κ1) is 14.4. The highest BCUT2D eigenvalue weighted by Gasteiger charge is 2.10. The molecule has 1 N–H and O–H groups in total. The average molecular weight is 318 g/mol. The zero-order valence-corrected chi connectivity index (χ0v) is 12.8. The molecule has 1 aromatic heterocycles. The minimum Gasteiger partial charge on any atom is -0.497 e. The van der Waals surface area contributed by atoms with E-state index in [1.54, 1.807) is 25.3 Å². The average Bonchev–Trinajstić information content (AvgIpc) is 2.89. The molecule has 0 spiro atoms. The molecule has 3 rings (SSSR count). The Hall–Kier alpha value is -2.54. The van der Waals surface area contributed by atoms with E-state index < -0.39 is 10.0 Å². The summed E-state index contributed by atoms with van der Waals surface area (Å²) in [6.07, 6.45) is 1.10. The Bertz CT molecular complexity index is 932. The minimum absolute atomic E-state index is 0.434. The van der Waals surface area contributed by atoms with Gasteiger partial charge in [0, 0.05) is 11.6 Å². The van der Waals surface area contributed by atoms with Crippen molar-refractivity contribution in [1.82, 2.24) is 4.98 Å². The zero-order valence-electron chi connectivity index (χ0n) is 12.0. The number of sulfonamides is 1. The Labute approximate surface area is 127 Å². The molecule has 114 valence electrons. The number of aromatic nitrogens is 1. The van der Waals surface area contributed by atoms with E-state index in [4.69, 9.17) is 9.15 Å². The van der Waals surface area contributed by atoms with E-state index in [-0.39, 0.29) is 0 Å². The van der Waals surface area contributed by atoms with Crippen LogP contribution in [0.2, 0.25) is 0 Å². The molecule has 3 aromatic rings. The van der Waals surface area contributed by atoms with Gasteiger partial charge in [0.05, 0.1) is 19.1 Å². The molecule has 2 aromatic carbocycles. The summed E-state index contributed by atoms with van der Waals surface area (Å²) in [5.41, 5.74) is 2.37. The summed E-state index contributed by atoms with van der Waals surface area (Å²) in [5, 5.41) is 0. The Morgan fingerprint density at radius 1 is 1.18 bits per heavy atom. The second-order valence-electron chi connectivity index (χ2n) is 4.81. The first-order chi connectivity index (χ1) is 10.4. The van der Waals surface area contributed by atoms with Crippen molar-refractivity contribution in [2.24, 2.45) is 0 Å². The van der Waals surface area contributed by atoms with E-state index in [1.807, 2.05) is 24.3 Å². The molecular weight excluding hydrogens is 304 g/mol. The fourth-order valence-corrected chi connectivity index (χ4v) is 2.64. The van der Waals surface area contributed by atoms with Gasteiger partial charge >= 0.3 is 0 Å². The third-order valence-corrected chi connectivity index (χ3v) is 3.61. The van der Waals surface area contributed by atoms with Crippen molar-refractivity contribution < 1.29 is 17.6 Å². The van der Waals surface area contributed by atoms with E-state index >= 15 is 0 Å². The summed E-state index contributed by atoms with van der Waals surface area (Å²) < 4.78 is 35.8. The van der Waals surface area contributed by atoms with Crippen molar-refractivity contribution in [3.63, 3.8) is 0 Å². The number of nitrogens with zero attached hydrogens (tertiary/aromatic N) is 1. The number of nitrogens with one attached hydrogen (secondary N) is 1. The maximum atomic E-state index is 11.3. The summed E-state index contributed by atoms with van der Waals surface area (Å²) in [5.74, 6) is 1.16. The van der Waals surface area contributed by atoms with Crippen LogP contribution < -0.4 is 9.46 Å². The SMILES string of the molecule is COc1cccc(-c2nc3ccc(NS(C)(=O)=O)cc3o2)c1. The van der Waals surface area contributed by atoms with Gasteiger partial charge in [-0.2, -0.15) is 0 Å². The summed E-state index contributed by atoms with van der Waals surface area (Å²) in [6, 6.07) is 12.3. The Morgan fingerprint density at radius 3 is 2.73 bits per heavy atom. The van der Waals surface area contributed by atoms with Gasteiger partial charge in [0.1, 0.15) is 11.3 Å². The fraction of sp³-hybridized carbons (Fsp3) is 0.133. The predicted molar refractivity (Wildman–Crippen MR) is 84.5 cm³/mol. The second-order valence-corrected chi connectivity index (χ2v) is 6.56. The van der Waals surface area contributed by atoms with Crippen molar-refractivity contribution in [1.29, 1.82) is 0 Å². The number of rotatable bonds is 4. The zero-order chi connectivity index (χ0) is 15.7. The first-order valence-corrected chi connectivity index (χ1v) is 8.36. The third-order valence-electron chi connectivity index (χ3n) is 3.01. The number of oxazole rings is 1. The largest absolute Gasteiger partial charge is 0.497 e. The van der Waals surface area contributed by atoms with E-state index in [2.05, 4.69) is 9.71 Å². The topological polar surface area (TPSA) is 81.4 Å². The van der Waals surface area contributed by atoms with Gasteiger partial charge in [-0.05, 0) is 30.3 Å². The minimum atomic E-state index is -3.33. The van der Waals surface area contributed by atoms with E-state index in [9.17, 15) is 8.42 Å². The monoisotopic (exact) mass is 318 g/mol. The van der Waals surface area contributed by atoms with Crippen LogP contribution in [0.1, 0.15) is 0 Å². The molecule has 0 atom stereocenters. The van der Waals surface area contributed by atoms with Crippen molar-refractivity contribution >= 4 is 26.8 Å². The summed E-state index contributed by atoms with van der Waals surface area (Å²) >= 11 is 0. The Balaban J connectivity index is 2.02. The van der Waals surface area contributed by atoms with Crippen LogP contribution in [-0.2, 0) is 10.0 Å². The van der Waals surface area contributed by atoms with E-state index in [1.165, 1.54) is 0 Å².